The molecule has 3 aliphatic rings. The summed E-state index contributed by atoms with van der Waals surface area (Å²) in [7, 11) is 0. The maximum atomic E-state index is 13.3. The Morgan fingerprint density at radius 2 is 1.85 bits per heavy atom. The fraction of sp³-hybridized carbons (Fsp3) is 0.273. The van der Waals surface area contributed by atoms with Gasteiger partial charge in [-0.1, -0.05) is 36.0 Å². The third-order valence-electron chi connectivity index (χ3n) is 5.98. The summed E-state index contributed by atoms with van der Waals surface area (Å²) in [6, 6.07) is 2.81. The Morgan fingerprint density at radius 3 is 2.54 bits per heavy atom. The minimum absolute atomic E-state index is 0.00812. The Hall–Kier alpha value is -2.88. The molecule has 0 spiro atoms. The highest BCUT2D eigenvalue weighted by atomic mass is 16.3. The average molecular weight is 348 g/mol. The Kier molecular flexibility index (Phi) is 3.23. The zero-order valence-electron chi connectivity index (χ0n) is 14.7. The first-order valence-electron chi connectivity index (χ1n) is 8.60. The summed E-state index contributed by atoms with van der Waals surface area (Å²) in [5, 5.41) is 21.2. The number of carbonyl (C=O) groups is 2. The van der Waals surface area contributed by atoms with Crippen molar-refractivity contribution in [3.8, 4) is 11.5 Å². The number of aromatic hydroxyl groups is 2. The molecule has 0 aromatic heterocycles. The molecule has 3 aliphatic carbocycles. The standard InChI is InChI=1S/C22H20O4/c1-12(2)8-9-21-14-10-13(3)11-22(21,18(26)7-6-17(21)25)20-16(24)5-4-15(23)19(14)20/h4-10,14,23-24H,1,11H2,2-3H3/t14-,21-,22-/m1/s1. The van der Waals surface area contributed by atoms with Crippen LogP contribution in [0.15, 0.2) is 60.2 Å². The Labute approximate surface area is 151 Å². The maximum absolute atomic E-state index is 13.3. The maximum Gasteiger partial charge on any atom is 0.168 e. The minimum Gasteiger partial charge on any atom is -0.508 e. The number of benzene rings is 1. The van der Waals surface area contributed by atoms with Crippen molar-refractivity contribution in [2.75, 3.05) is 0 Å². The SMILES string of the molecule is C=C(C)C=C[C@@]12C(=O)C=CC(=O)[C@@]13CC(C)=C[C@@H]2c1c(O)ccc(O)c13. The molecule has 0 unspecified atom stereocenters. The van der Waals surface area contributed by atoms with Gasteiger partial charge in [0.25, 0.3) is 0 Å². The van der Waals surface area contributed by atoms with E-state index < -0.39 is 16.7 Å². The molecule has 132 valence electrons. The summed E-state index contributed by atoms with van der Waals surface area (Å²) >= 11 is 0. The average Bonchev–Trinajstić information content (AvgIpc) is 2.73. The fourth-order valence-corrected chi connectivity index (χ4v) is 5.08. The summed E-state index contributed by atoms with van der Waals surface area (Å²) in [4.78, 5) is 26.5. The van der Waals surface area contributed by atoms with Gasteiger partial charge in [0.1, 0.15) is 11.5 Å². The molecule has 2 bridgehead atoms. The summed E-state index contributed by atoms with van der Waals surface area (Å²) in [6.07, 6.45) is 8.40. The summed E-state index contributed by atoms with van der Waals surface area (Å²) in [5.41, 5.74) is 0.124. The van der Waals surface area contributed by atoms with Gasteiger partial charge in [-0.15, -0.1) is 0 Å². The van der Waals surface area contributed by atoms with Gasteiger partial charge in [-0.25, -0.2) is 0 Å². The van der Waals surface area contributed by atoms with Crippen LogP contribution in [0, 0.1) is 5.41 Å². The van der Waals surface area contributed by atoms with Crippen molar-refractivity contribution >= 4 is 11.6 Å². The molecule has 4 heteroatoms. The third-order valence-corrected chi connectivity index (χ3v) is 5.98. The van der Waals surface area contributed by atoms with Gasteiger partial charge in [-0.3, -0.25) is 9.59 Å². The van der Waals surface area contributed by atoms with Crippen LogP contribution in [0.3, 0.4) is 0 Å². The molecule has 0 amide bonds. The smallest absolute Gasteiger partial charge is 0.168 e. The van der Waals surface area contributed by atoms with Crippen LogP contribution >= 0.6 is 0 Å². The second kappa shape index (κ2) is 5.07. The first kappa shape index (κ1) is 16.6. The number of hydrogen-bond donors (Lipinski definition) is 2. The van der Waals surface area contributed by atoms with Gasteiger partial charge in [0.15, 0.2) is 11.6 Å². The number of phenols is 2. The van der Waals surface area contributed by atoms with Crippen LogP contribution < -0.4 is 0 Å². The monoisotopic (exact) mass is 348 g/mol. The molecular formula is C22H20O4. The highest BCUT2D eigenvalue weighted by Crippen LogP contribution is 2.70. The van der Waals surface area contributed by atoms with E-state index in [1.165, 1.54) is 24.3 Å². The van der Waals surface area contributed by atoms with Crippen molar-refractivity contribution in [3.05, 3.63) is 71.4 Å². The Morgan fingerprint density at radius 1 is 1.19 bits per heavy atom. The second-order valence-electron chi connectivity index (χ2n) is 7.58. The molecule has 0 radical (unpaired) electrons. The van der Waals surface area contributed by atoms with Crippen molar-refractivity contribution in [1.29, 1.82) is 0 Å². The van der Waals surface area contributed by atoms with Gasteiger partial charge < -0.3 is 10.2 Å². The van der Waals surface area contributed by atoms with Crippen molar-refractivity contribution in [1.82, 2.24) is 0 Å². The molecule has 4 nitrogen and oxygen atoms in total. The fourth-order valence-electron chi connectivity index (χ4n) is 5.08. The molecular weight excluding hydrogens is 328 g/mol. The van der Waals surface area contributed by atoms with Crippen LogP contribution in [0.5, 0.6) is 11.5 Å². The highest BCUT2D eigenvalue weighted by Gasteiger charge is 2.71. The van der Waals surface area contributed by atoms with Crippen LogP contribution in [-0.2, 0) is 15.0 Å². The van der Waals surface area contributed by atoms with E-state index in [2.05, 4.69) is 6.58 Å². The van der Waals surface area contributed by atoms with E-state index in [-0.39, 0.29) is 23.1 Å². The van der Waals surface area contributed by atoms with Gasteiger partial charge in [-0.05, 0) is 44.6 Å². The van der Waals surface area contributed by atoms with E-state index in [1.807, 2.05) is 19.9 Å². The molecule has 3 atom stereocenters. The number of ketones is 2. The molecule has 0 heterocycles. The molecule has 0 saturated heterocycles. The van der Waals surface area contributed by atoms with Crippen molar-refractivity contribution < 1.29 is 19.8 Å². The number of carbonyl (C=O) groups excluding carboxylic acids is 2. The van der Waals surface area contributed by atoms with Crippen molar-refractivity contribution in [2.24, 2.45) is 5.41 Å². The minimum atomic E-state index is -1.24. The normalized spacial score (nSPS) is 31.8. The quantitative estimate of drug-likeness (QED) is 0.486. The Balaban J connectivity index is 2.19. The number of rotatable bonds is 2. The van der Waals surface area contributed by atoms with Crippen LogP contribution in [0.4, 0.5) is 0 Å². The lowest BCUT2D eigenvalue weighted by Crippen LogP contribution is -2.56. The lowest BCUT2D eigenvalue weighted by Gasteiger charge is -2.48. The topological polar surface area (TPSA) is 74.6 Å². The number of phenolic OH excluding ortho intramolecular Hbond substituents is 2. The van der Waals surface area contributed by atoms with Gasteiger partial charge in [0, 0.05) is 17.0 Å². The zero-order valence-corrected chi connectivity index (χ0v) is 14.7. The third kappa shape index (κ3) is 1.69. The van der Waals surface area contributed by atoms with Crippen LogP contribution in [0.1, 0.15) is 37.3 Å². The van der Waals surface area contributed by atoms with E-state index in [4.69, 9.17) is 0 Å². The van der Waals surface area contributed by atoms with E-state index in [1.54, 1.807) is 12.2 Å². The lowest BCUT2D eigenvalue weighted by molar-refractivity contribution is -0.136. The Bertz CT molecular complexity index is 978. The number of allylic oxidation sites excluding steroid dienone is 7. The first-order chi connectivity index (χ1) is 12.3. The van der Waals surface area contributed by atoms with Gasteiger partial charge >= 0.3 is 0 Å². The second-order valence-corrected chi connectivity index (χ2v) is 7.58. The molecule has 0 fully saturated rings. The lowest BCUT2D eigenvalue weighted by atomic mass is 9.50. The molecule has 1 aromatic rings. The largest absolute Gasteiger partial charge is 0.508 e. The molecule has 0 aliphatic heterocycles. The molecule has 4 rings (SSSR count). The van der Waals surface area contributed by atoms with E-state index in [0.29, 0.717) is 17.5 Å². The molecule has 2 N–H and O–H groups in total. The number of fused-ring (bicyclic) bond motifs is 2. The van der Waals surface area contributed by atoms with Gasteiger partial charge in [-0.2, -0.15) is 0 Å². The van der Waals surface area contributed by atoms with Crippen LogP contribution in [0.25, 0.3) is 0 Å². The molecule has 0 saturated carbocycles. The van der Waals surface area contributed by atoms with E-state index in [9.17, 15) is 19.8 Å². The predicted molar refractivity (Wildman–Crippen MR) is 98.1 cm³/mol. The van der Waals surface area contributed by atoms with E-state index in [0.717, 1.165) is 11.1 Å². The van der Waals surface area contributed by atoms with Crippen molar-refractivity contribution in [2.45, 2.75) is 31.6 Å². The molecule has 1 aromatic carbocycles. The van der Waals surface area contributed by atoms with Crippen LogP contribution in [0.2, 0.25) is 0 Å². The first-order valence-corrected chi connectivity index (χ1v) is 8.60. The zero-order chi connectivity index (χ0) is 18.9. The predicted octanol–water partition coefficient (Wildman–Crippen LogP) is 3.61. The molecule has 26 heavy (non-hydrogen) atoms. The summed E-state index contributed by atoms with van der Waals surface area (Å²) in [6.45, 7) is 7.60. The number of hydrogen-bond acceptors (Lipinski definition) is 4. The highest BCUT2D eigenvalue weighted by molar-refractivity contribution is 6.18. The van der Waals surface area contributed by atoms with Gasteiger partial charge in [0.05, 0.1) is 10.8 Å². The van der Waals surface area contributed by atoms with Crippen LogP contribution in [-0.4, -0.2) is 21.8 Å². The summed E-state index contributed by atoms with van der Waals surface area (Å²) in [5.74, 6) is -1.01. The van der Waals surface area contributed by atoms with Gasteiger partial charge in [0.2, 0.25) is 0 Å². The van der Waals surface area contributed by atoms with E-state index >= 15 is 0 Å². The van der Waals surface area contributed by atoms with Crippen molar-refractivity contribution in [3.63, 3.8) is 0 Å². The summed E-state index contributed by atoms with van der Waals surface area (Å²) < 4.78 is 0.